The van der Waals surface area contributed by atoms with E-state index in [0.29, 0.717) is 0 Å². The van der Waals surface area contributed by atoms with Crippen molar-refractivity contribution in [2.75, 3.05) is 0 Å². The van der Waals surface area contributed by atoms with Gasteiger partial charge in [-0.1, -0.05) is 116 Å². The molecule has 1 aliphatic rings. The minimum absolute atomic E-state index is 1.08. The Morgan fingerprint density at radius 3 is 2.10 bits per heavy atom. The van der Waals surface area contributed by atoms with Crippen molar-refractivity contribution in [1.29, 1.82) is 0 Å². The van der Waals surface area contributed by atoms with E-state index in [1.165, 1.54) is 60.5 Å². The summed E-state index contributed by atoms with van der Waals surface area (Å²) in [6.07, 6.45) is 4.62. The van der Waals surface area contributed by atoms with E-state index >= 15 is 0 Å². The van der Waals surface area contributed by atoms with Crippen LogP contribution in [0.1, 0.15) is 24.5 Å². The van der Waals surface area contributed by atoms with Crippen LogP contribution >= 0.6 is 0 Å². The molecule has 0 spiro atoms. The van der Waals surface area contributed by atoms with Gasteiger partial charge in [-0.05, 0) is 67.8 Å². The molecule has 0 radical (unpaired) electrons. The van der Waals surface area contributed by atoms with Crippen LogP contribution in [0.5, 0.6) is 0 Å². The molecule has 0 saturated heterocycles. The first-order valence-corrected chi connectivity index (χ1v) is 11.1. The van der Waals surface area contributed by atoms with Gasteiger partial charge in [-0.3, -0.25) is 0 Å². The number of hydrogen-bond acceptors (Lipinski definition) is 0. The van der Waals surface area contributed by atoms with E-state index < -0.39 is 0 Å². The van der Waals surface area contributed by atoms with Crippen molar-refractivity contribution in [2.45, 2.75) is 19.8 Å². The second-order valence-electron chi connectivity index (χ2n) is 8.45. The fourth-order valence-corrected chi connectivity index (χ4v) is 5.13. The number of hydrogen-bond donors (Lipinski definition) is 0. The second-order valence-corrected chi connectivity index (χ2v) is 8.45. The topological polar surface area (TPSA) is 0 Å². The second kappa shape index (κ2) is 7.25. The Bertz CT molecular complexity index is 1480. The summed E-state index contributed by atoms with van der Waals surface area (Å²) in [7, 11) is 0. The van der Waals surface area contributed by atoms with Gasteiger partial charge < -0.3 is 0 Å². The van der Waals surface area contributed by atoms with Gasteiger partial charge in [0.2, 0.25) is 0 Å². The van der Waals surface area contributed by atoms with Crippen LogP contribution in [-0.2, 0) is 6.42 Å². The average molecular weight is 397 g/mol. The summed E-state index contributed by atoms with van der Waals surface area (Å²) < 4.78 is 0. The quantitative estimate of drug-likeness (QED) is 0.286. The zero-order valence-electron chi connectivity index (χ0n) is 17.7. The van der Waals surface area contributed by atoms with Gasteiger partial charge in [-0.15, -0.1) is 0 Å². The van der Waals surface area contributed by atoms with E-state index in [0.717, 1.165) is 12.8 Å². The first-order chi connectivity index (χ1) is 15.3. The molecule has 5 aromatic carbocycles. The molecule has 148 valence electrons. The lowest BCUT2D eigenvalue weighted by Crippen LogP contribution is -1.93. The van der Waals surface area contributed by atoms with Gasteiger partial charge >= 0.3 is 0 Å². The maximum Gasteiger partial charge on any atom is -0.00205 e. The van der Waals surface area contributed by atoms with E-state index in [1.807, 2.05) is 0 Å². The highest BCUT2D eigenvalue weighted by molar-refractivity contribution is 6.10. The summed E-state index contributed by atoms with van der Waals surface area (Å²) in [6.45, 7) is 2.26. The molecule has 0 aliphatic heterocycles. The predicted molar refractivity (Wildman–Crippen MR) is 134 cm³/mol. The van der Waals surface area contributed by atoms with Crippen molar-refractivity contribution >= 4 is 27.6 Å². The molecule has 0 unspecified atom stereocenters. The van der Waals surface area contributed by atoms with Gasteiger partial charge in [0.05, 0.1) is 0 Å². The zero-order chi connectivity index (χ0) is 20.8. The summed E-state index contributed by atoms with van der Waals surface area (Å²) in [5.41, 5.74) is 9.68. The Hall–Kier alpha value is -3.64. The van der Waals surface area contributed by atoms with Gasteiger partial charge in [0.25, 0.3) is 0 Å². The van der Waals surface area contributed by atoms with E-state index in [4.69, 9.17) is 0 Å². The molecule has 0 saturated carbocycles. The molecule has 0 N–H and O–H groups in total. The smallest absolute Gasteiger partial charge is 0.00205 e. The molecule has 0 heteroatoms. The normalized spacial score (nSPS) is 12.9. The van der Waals surface area contributed by atoms with Crippen LogP contribution in [-0.4, -0.2) is 0 Å². The van der Waals surface area contributed by atoms with Crippen LogP contribution in [0.3, 0.4) is 0 Å². The average Bonchev–Trinajstić information content (AvgIpc) is 3.27. The highest BCUT2D eigenvalue weighted by Crippen LogP contribution is 2.44. The van der Waals surface area contributed by atoms with Crippen molar-refractivity contribution in [2.24, 2.45) is 0 Å². The molecule has 0 fully saturated rings. The molecule has 31 heavy (non-hydrogen) atoms. The summed E-state index contributed by atoms with van der Waals surface area (Å²) in [6, 6.07) is 35.6. The number of fused-ring (bicyclic) bond motifs is 3. The minimum atomic E-state index is 1.08. The minimum Gasteiger partial charge on any atom is -0.0655 e. The zero-order valence-corrected chi connectivity index (χ0v) is 17.7. The van der Waals surface area contributed by atoms with Crippen LogP contribution in [0.15, 0.2) is 103 Å². The lowest BCUT2D eigenvalue weighted by Gasteiger charge is -2.18. The van der Waals surface area contributed by atoms with Crippen LogP contribution in [0.4, 0.5) is 0 Å². The third-order valence-corrected chi connectivity index (χ3v) is 6.69. The molecule has 0 nitrogen and oxygen atoms in total. The van der Waals surface area contributed by atoms with Crippen molar-refractivity contribution < 1.29 is 0 Å². The standard InChI is InChI=1S/C31H24/c1-2-21-19-24-12-8-16-28(30(24)20-21)31-26-14-6-4-10-23(26)17-18-29(31)27-15-7-11-22-9-3-5-13-25(22)27/h3-18,20H,2,19H2,1H3. The Labute approximate surface area is 183 Å². The fourth-order valence-electron chi connectivity index (χ4n) is 5.13. The maximum absolute atomic E-state index is 2.43. The Kier molecular flexibility index (Phi) is 4.25. The van der Waals surface area contributed by atoms with Gasteiger partial charge in [-0.25, -0.2) is 0 Å². The Balaban J connectivity index is 1.73. The SMILES string of the molecule is CCC1=Cc2c(cccc2-c2c(-c3cccc4ccccc34)ccc3ccccc23)C1. The molecule has 5 aromatic rings. The molecule has 1 aliphatic carbocycles. The Morgan fingerprint density at radius 2 is 1.26 bits per heavy atom. The molecule has 0 heterocycles. The number of rotatable bonds is 3. The van der Waals surface area contributed by atoms with E-state index in [-0.39, 0.29) is 0 Å². The summed E-state index contributed by atoms with van der Waals surface area (Å²) >= 11 is 0. The lowest BCUT2D eigenvalue weighted by molar-refractivity contribution is 1.04. The predicted octanol–water partition coefficient (Wildman–Crippen LogP) is 8.68. The van der Waals surface area contributed by atoms with Crippen LogP contribution in [0.25, 0.3) is 49.9 Å². The van der Waals surface area contributed by atoms with Crippen molar-refractivity contribution in [3.8, 4) is 22.3 Å². The Morgan fingerprint density at radius 1 is 0.581 bits per heavy atom. The molecule has 6 rings (SSSR count). The van der Waals surface area contributed by atoms with E-state index in [9.17, 15) is 0 Å². The highest BCUT2D eigenvalue weighted by Gasteiger charge is 2.20. The van der Waals surface area contributed by atoms with E-state index in [2.05, 4.69) is 110 Å². The lowest BCUT2D eigenvalue weighted by atomic mass is 9.85. The van der Waals surface area contributed by atoms with Crippen molar-refractivity contribution in [3.63, 3.8) is 0 Å². The van der Waals surface area contributed by atoms with Gasteiger partial charge in [0.15, 0.2) is 0 Å². The summed E-state index contributed by atoms with van der Waals surface area (Å²) in [5, 5.41) is 5.20. The van der Waals surface area contributed by atoms with Gasteiger partial charge in [0, 0.05) is 0 Å². The molecule has 0 amide bonds. The first kappa shape index (κ1) is 18.2. The number of allylic oxidation sites excluding steroid dienone is 1. The van der Waals surface area contributed by atoms with Crippen molar-refractivity contribution in [1.82, 2.24) is 0 Å². The molecule has 0 bridgehead atoms. The fraction of sp³-hybridized carbons (Fsp3) is 0.0968. The summed E-state index contributed by atoms with van der Waals surface area (Å²) in [4.78, 5) is 0. The largest absolute Gasteiger partial charge is 0.0655 e. The van der Waals surface area contributed by atoms with Crippen molar-refractivity contribution in [3.05, 3.63) is 114 Å². The highest BCUT2D eigenvalue weighted by atomic mass is 14.2. The molecular weight excluding hydrogens is 372 g/mol. The molecule has 0 aromatic heterocycles. The number of benzene rings is 5. The third kappa shape index (κ3) is 2.91. The maximum atomic E-state index is 2.43. The van der Waals surface area contributed by atoms with Gasteiger partial charge in [0.1, 0.15) is 0 Å². The van der Waals surface area contributed by atoms with Crippen LogP contribution in [0, 0.1) is 0 Å². The molecular formula is C31H24. The van der Waals surface area contributed by atoms with E-state index in [1.54, 1.807) is 0 Å². The summed E-state index contributed by atoms with van der Waals surface area (Å²) in [5.74, 6) is 0. The molecule has 0 atom stereocenters. The van der Waals surface area contributed by atoms with Crippen LogP contribution < -0.4 is 0 Å². The van der Waals surface area contributed by atoms with Crippen LogP contribution in [0.2, 0.25) is 0 Å². The third-order valence-electron chi connectivity index (χ3n) is 6.69. The first-order valence-electron chi connectivity index (χ1n) is 11.1. The van der Waals surface area contributed by atoms with Gasteiger partial charge in [-0.2, -0.15) is 0 Å². The monoisotopic (exact) mass is 396 g/mol.